The Morgan fingerprint density at radius 2 is 2.11 bits per heavy atom. The van der Waals surface area contributed by atoms with Gasteiger partial charge < -0.3 is 5.32 Å². The zero-order valence-electron chi connectivity index (χ0n) is 10.2. The Kier molecular flexibility index (Phi) is 3.51. The van der Waals surface area contributed by atoms with Crippen LogP contribution in [-0.2, 0) is 0 Å². The van der Waals surface area contributed by atoms with Gasteiger partial charge in [-0.25, -0.2) is 4.98 Å². The van der Waals surface area contributed by atoms with Gasteiger partial charge in [0, 0.05) is 23.5 Å². The van der Waals surface area contributed by atoms with Crippen molar-refractivity contribution in [1.82, 2.24) is 4.98 Å². The lowest BCUT2D eigenvalue weighted by molar-refractivity contribution is -0.384. The number of hydrogen-bond acceptors (Lipinski definition) is 5. The molecule has 0 saturated carbocycles. The molecule has 0 spiro atoms. The number of anilines is 2. The molecule has 1 aromatic carbocycles. The van der Waals surface area contributed by atoms with Crippen LogP contribution >= 0.6 is 0 Å². The van der Waals surface area contributed by atoms with Gasteiger partial charge in [0.25, 0.3) is 0 Å². The van der Waals surface area contributed by atoms with Crippen LogP contribution < -0.4 is 5.32 Å². The van der Waals surface area contributed by atoms with E-state index in [9.17, 15) is 14.9 Å². The molecule has 0 saturated heterocycles. The monoisotopic (exact) mass is 257 g/mol. The summed E-state index contributed by atoms with van der Waals surface area (Å²) in [7, 11) is 0. The van der Waals surface area contributed by atoms with Crippen LogP contribution in [-0.4, -0.2) is 15.7 Å². The van der Waals surface area contributed by atoms with Gasteiger partial charge in [-0.2, -0.15) is 0 Å². The lowest BCUT2D eigenvalue weighted by Gasteiger charge is -2.06. The molecule has 0 amide bonds. The van der Waals surface area contributed by atoms with E-state index in [4.69, 9.17) is 0 Å². The topological polar surface area (TPSA) is 85.1 Å². The van der Waals surface area contributed by atoms with E-state index < -0.39 is 4.92 Å². The predicted octanol–water partition coefficient (Wildman–Crippen LogP) is 2.94. The number of ketones is 1. The van der Waals surface area contributed by atoms with Crippen molar-refractivity contribution in [2.45, 2.75) is 6.92 Å². The minimum absolute atomic E-state index is 0.0702. The predicted molar refractivity (Wildman–Crippen MR) is 70.6 cm³/mol. The number of Topliss-reactive ketones (excluding diaryl/α,β-unsaturated/α-hetero) is 1. The third-order valence-corrected chi connectivity index (χ3v) is 2.51. The van der Waals surface area contributed by atoms with Crippen molar-refractivity contribution in [3.63, 3.8) is 0 Å². The molecule has 2 rings (SSSR count). The highest BCUT2D eigenvalue weighted by molar-refractivity contribution is 5.95. The maximum Gasteiger partial charge on any atom is 0.311 e. The second-order valence-corrected chi connectivity index (χ2v) is 3.89. The molecule has 6 nitrogen and oxygen atoms in total. The Bertz CT molecular complexity index is 641. The number of hydrogen-bond donors (Lipinski definition) is 1. The SMILES string of the molecule is CC(=O)c1cccc(Nc2ncccc2[N+](=O)[O-])c1. The number of rotatable bonds is 4. The number of pyridine rings is 1. The molecular formula is C13H11N3O3. The van der Waals surface area contributed by atoms with E-state index >= 15 is 0 Å². The van der Waals surface area contributed by atoms with Crippen LogP contribution in [0.25, 0.3) is 0 Å². The van der Waals surface area contributed by atoms with E-state index in [-0.39, 0.29) is 17.3 Å². The van der Waals surface area contributed by atoms with Gasteiger partial charge in [0.05, 0.1) is 4.92 Å². The van der Waals surface area contributed by atoms with E-state index in [2.05, 4.69) is 10.3 Å². The molecule has 2 aromatic rings. The van der Waals surface area contributed by atoms with Crippen molar-refractivity contribution >= 4 is 23.0 Å². The van der Waals surface area contributed by atoms with Crippen molar-refractivity contribution in [2.75, 3.05) is 5.32 Å². The van der Waals surface area contributed by atoms with E-state index in [1.807, 2.05) is 0 Å². The van der Waals surface area contributed by atoms with Gasteiger partial charge in [0.2, 0.25) is 5.82 Å². The largest absolute Gasteiger partial charge is 0.334 e. The van der Waals surface area contributed by atoms with Crippen LogP contribution in [0.5, 0.6) is 0 Å². The zero-order chi connectivity index (χ0) is 13.8. The Hall–Kier alpha value is -2.76. The van der Waals surface area contributed by atoms with Crippen molar-refractivity contribution in [2.24, 2.45) is 0 Å². The van der Waals surface area contributed by atoms with Gasteiger partial charge in [0.15, 0.2) is 5.78 Å². The summed E-state index contributed by atoms with van der Waals surface area (Å²) in [6, 6.07) is 9.58. The first kappa shape index (κ1) is 12.7. The molecule has 19 heavy (non-hydrogen) atoms. The third-order valence-electron chi connectivity index (χ3n) is 2.51. The van der Waals surface area contributed by atoms with Crippen molar-refractivity contribution in [3.05, 3.63) is 58.3 Å². The minimum atomic E-state index is -0.510. The second-order valence-electron chi connectivity index (χ2n) is 3.89. The van der Waals surface area contributed by atoms with Crippen LogP contribution in [0.4, 0.5) is 17.2 Å². The summed E-state index contributed by atoms with van der Waals surface area (Å²) in [4.78, 5) is 25.6. The smallest absolute Gasteiger partial charge is 0.311 e. The highest BCUT2D eigenvalue weighted by atomic mass is 16.6. The fourth-order valence-electron chi connectivity index (χ4n) is 1.59. The molecule has 0 aliphatic heterocycles. The van der Waals surface area contributed by atoms with E-state index in [1.165, 1.54) is 25.3 Å². The summed E-state index contributed by atoms with van der Waals surface area (Å²) < 4.78 is 0. The van der Waals surface area contributed by atoms with Crippen molar-refractivity contribution in [3.8, 4) is 0 Å². The standard InChI is InChI=1S/C13H11N3O3/c1-9(17)10-4-2-5-11(8-10)15-13-12(16(18)19)6-3-7-14-13/h2-8H,1H3,(H,14,15). The Balaban J connectivity index is 2.34. The number of aromatic nitrogens is 1. The van der Waals surface area contributed by atoms with Gasteiger partial charge in [-0.05, 0) is 25.1 Å². The number of carbonyl (C=O) groups excluding carboxylic acids is 1. The summed E-state index contributed by atoms with van der Waals surface area (Å²) in [5.74, 6) is 0.0763. The third kappa shape index (κ3) is 2.92. The van der Waals surface area contributed by atoms with Gasteiger partial charge in [-0.1, -0.05) is 12.1 Å². The molecule has 0 unspecified atom stereocenters. The summed E-state index contributed by atoms with van der Waals surface area (Å²) in [6.45, 7) is 1.46. The maximum absolute atomic E-state index is 11.3. The number of benzene rings is 1. The van der Waals surface area contributed by atoms with E-state index in [0.29, 0.717) is 11.3 Å². The van der Waals surface area contributed by atoms with Crippen LogP contribution in [0.1, 0.15) is 17.3 Å². The molecule has 1 heterocycles. The lowest BCUT2D eigenvalue weighted by Crippen LogP contribution is -2.00. The summed E-state index contributed by atoms with van der Waals surface area (Å²) >= 11 is 0. The second kappa shape index (κ2) is 5.26. The molecule has 0 bridgehead atoms. The number of nitro groups is 1. The fraction of sp³-hybridized carbons (Fsp3) is 0.0769. The lowest BCUT2D eigenvalue weighted by atomic mass is 10.1. The highest BCUT2D eigenvalue weighted by Crippen LogP contribution is 2.24. The normalized spacial score (nSPS) is 9.95. The average Bonchev–Trinajstić information content (AvgIpc) is 2.39. The van der Waals surface area contributed by atoms with Gasteiger partial charge >= 0.3 is 5.69 Å². The Morgan fingerprint density at radius 1 is 1.32 bits per heavy atom. The molecule has 1 aromatic heterocycles. The molecule has 0 fully saturated rings. The summed E-state index contributed by atoms with van der Waals surface area (Å²) in [5, 5.41) is 13.7. The number of carbonyl (C=O) groups is 1. The minimum Gasteiger partial charge on any atom is -0.334 e. The Labute approximate surface area is 109 Å². The average molecular weight is 257 g/mol. The van der Waals surface area contributed by atoms with E-state index in [0.717, 1.165) is 0 Å². The number of nitrogens with zero attached hydrogens (tertiary/aromatic N) is 2. The molecule has 0 radical (unpaired) electrons. The Morgan fingerprint density at radius 3 is 2.79 bits per heavy atom. The van der Waals surface area contributed by atoms with Gasteiger partial charge in [-0.3, -0.25) is 14.9 Å². The fourth-order valence-corrected chi connectivity index (χ4v) is 1.59. The van der Waals surface area contributed by atoms with E-state index in [1.54, 1.807) is 24.3 Å². The van der Waals surface area contributed by atoms with Gasteiger partial charge in [0.1, 0.15) is 0 Å². The number of nitrogens with one attached hydrogen (secondary N) is 1. The van der Waals surface area contributed by atoms with Crippen LogP contribution in [0.2, 0.25) is 0 Å². The molecule has 0 aliphatic carbocycles. The van der Waals surface area contributed by atoms with Crippen molar-refractivity contribution < 1.29 is 9.72 Å². The first-order valence-corrected chi connectivity index (χ1v) is 5.55. The summed E-state index contributed by atoms with van der Waals surface area (Å²) in [6.07, 6.45) is 1.46. The van der Waals surface area contributed by atoms with Crippen LogP contribution in [0.3, 0.4) is 0 Å². The first-order chi connectivity index (χ1) is 9.08. The molecule has 0 atom stereocenters. The first-order valence-electron chi connectivity index (χ1n) is 5.55. The zero-order valence-corrected chi connectivity index (χ0v) is 10.2. The molecule has 1 N–H and O–H groups in total. The molecule has 96 valence electrons. The quantitative estimate of drug-likeness (QED) is 0.517. The van der Waals surface area contributed by atoms with Gasteiger partial charge in [-0.15, -0.1) is 0 Å². The molecular weight excluding hydrogens is 246 g/mol. The maximum atomic E-state index is 11.3. The molecule has 0 aliphatic rings. The molecule has 6 heteroatoms. The van der Waals surface area contributed by atoms with Crippen LogP contribution in [0.15, 0.2) is 42.6 Å². The summed E-state index contributed by atoms with van der Waals surface area (Å²) in [5.41, 5.74) is 0.994. The van der Waals surface area contributed by atoms with Crippen LogP contribution in [0, 0.1) is 10.1 Å². The van der Waals surface area contributed by atoms with Crippen molar-refractivity contribution in [1.29, 1.82) is 0 Å². The highest BCUT2D eigenvalue weighted by Gasteiger charge is 2.14.